The molecule has 9 nitrogen and oxygen atoms in total. The van der Waals surface area contributed by atoms with Crippen molar-refractivity contribution < 1.29 is 33.8 Å². The van der Waals surface area contributed by atoms with Crippen molar-refractivity contribution in [2.75, 3.05) is 7.11 Å². The number of carboxylic acids is 1. The number of hydrogen-bond donors (Lipinski definition) is 2. The number of aromatic carboxylic acids is 1. The second-order valence-corrected chi connectivity index (χ2v) is 9.11. The van der Waals surface area contributed by atoms with Gasteiger partial charge in [0, 0.05) is 6.04 Å². The SMILES string of the molecule is COc1cc(/C=C2\C(=O)NC(=O)N(C3CCCC3)C2=O)cc(Br)c1OCc1cccc(C(=O)O)c1. The van der Waals surface area contributed by atoms with Gasteiger partial charge in [-0.3, -0.25) is 19.8 Å². The Kier molecular flexibility index (Phi) is 7.20. The highest BCUT2D eigenvalue weighted by Crippen LogP contribution is 2.38. The molecule has 2 aromatic carbocycles. The predicted octanol–water partition coefficient (Wildman–Crippen LogP) is 4.14. The first-order valence-corrected chi connectivity index (χ1v) is 11.8. The lowest BCUT2D eigenvalue weighted by Crippen LogP contribution is -2.57. The highest BCUT2D eigenvalue weighted by Gasteiger charge is 2.40. The molecule has 0 unspecified atom stereocenters. The number of methoxy groups -OCH3 is 1. The number of imide groups is 2. The molecule has 0 atom stereocenters. The Morgan fingerprint density at radius 1 is 1.20 bits per heavy atom. The first-order chi connectivity index (χ1) is 16.8. The standard InChI is InChI=1S/C25H23BrN2O7/c1-34-20-12-15(10-18-22(29)27-25(33)28(23(18)30)17-7-2-3-8-17)11-19(26)21(20)35-13-14-5-4-6-16(9-14)24(31)32/h4-6,9-12,17H,2-3,7-8,13H2,1H3,(H,31,32)(H,27,29,33)/b18-10+. The van der Waals surface area contributed by atoms with Crippen LogP contribution in [0.1, 0.15) is 47.2 Å². The number of halogens is 1. The van der Waals surface area contributed by atoms with Crippen LogP contribution < -0.4 is 14.8 Å². The van der Waals surface area contributed by atoms with Gasteiger partial charge in [0.05, 0.1) is 17.1 Å². The van der Waals surface area contributed by atoms with Gasteiger partial charge in [0.2, 0.25) is 0 Å². The van der Waals surface area contributed by atoms with E-state index in [1.165, 1.54) is 25.3 Å². The maximum absolute atomic E-state index is 13.0. The summed E-state index contributed by atoms with van der Waals surface area (Å²) >= 11 is 3.44. The summed E-state index contributed by atoms with van der Waals surface area (Å²) in [6, 6.07) is 8.77. The van der Waals surface area contributed by atoms with Gasteiger partial charge < -0.3 is 14.6 Å². The molecule has 1 saturated carbocycles. The molecule has 2 N–H and O–H groups in total. The van der Waals surface area contributed by atoms with Crippen LogP contribution in [0.3, 0.4) is 0 Å². The number of carbonyl (C=O) groups is 4. The number of benzene rings is 2. The first kappa shape index (κ1) is 24.5. The molecule has 4 amide bonds. The van der Waals surface area contributed by atoms with E-state index in [1.54, 1.807) is 24.3 Å². The smallest absolute Gasteiger partial charge is 0.335 e. The van der Waals surface area contributed by atoms with Gasteiger partial charge in [-0.2, -0.15) is 0 Å². The number of urea groups is 1. The fraction of sp³-hybridized carbons (Fsp3) is 0.280. The molecule has 35 heavy (non-hydrogen) atoms. The molecule has 0 bridgehead atoms. The molecular formula is C25H23BrN2O7. The van der Waals surface area contributed by atoms with E-state index in [4.69, 9.17) is 14.6 Å². The summed E-state index contributed by atoms with van der Waals surface area (Å²) in [6.07, 6.45) is 4.73. The molecule has 0 spiro atoms. The maximum Gasteiger partial charge on any atom is 0.335 e. The van der Waals surface area contributed by atoms with Gasteiger partial charge >= 0.3 is 12.0 Å². The van der Waals surface area contributed by atoms with Crippen molar-refractivity contribution in [3.05, 3.63) is 63.1 Å². The van der Waals surface area contributed by atoms with Crippen LogP contribution >= 0.6 is 15.9 Å². The van der Waals surface area contributed by atoms with Crippen molar-refractivity contribution in [1.29, 1.82) is 0 Å². The molecule has 10 heteroatoms. The van der Waals surface area contributed by atoms with Crippen LogP contribution in [0.5, 0.6) is 11.5 Å². The van der Waals surface area contributed by atoms with E-state index >= 15 is 0 Å². The van der Waals surface area contributed by atoms with E-state index < -0.39 is 23.8 Å². The van der Waals surface area contributed by atoms with E-state index in [0.717, 1.165) is 30.6 Å². The van der Waals surface area contributed by atoms with Gasteiger partial charge in [-0.1, -0.05) is 25.0 Å². The number of barbiturate groups is 1. The van der Waals surface area contributed by atoms with Crippen LogP contribution in [0.15, 0.2) is 46.4 Å². The molecular weight excluding hydrogens is 520 g/mol. The molecule has 1 aliphatic carbocycles. The number of carboxylic acid groups (broad SMARTS) is 1. The first-order valence-electron chi connectivity index (χ1n) is 11.0. The number of nitrogens with one attached hydrogen (secondary N) is 1. The summed E-state index contributed by atoms with van der Waals surface area (Å²) < 4.78 is 11.8. The minimum atomic E-state index is -1.03. The number of rotatable bonds is 7. The molecule has 1 saturated heterocycles. The summed E-state index contributed by atoms with van der Waals surface area (Å²) in [7, 11) is 1.45. The lowest BCUT2D eigenvalue weighted by atomic mass is 10.0. The zero-order valence-electron chi connectivity index (χ0n) is 18.9. The quantitative estimate of drug-likeness (QED) is 0.398. The van der Waals surface area contributed by atoms with Gasteiger partial charge in [-0.15, -0.1) is 0 Å². The highest BCUT2D eigenvalue weighted by molar-refractivity contribution is 9.10. The van der Waals surface area contributed by atoms with E-state index in [-0.39, 0.29) is 23.8 Å². The summed E-state index contributed by atoms with van der Waals surface area (Å²) in [5.41, 5.74) is 1.17. The van der Waals surface area contributed by atoms with Crippen molar-refractivity contribution in [3.63, 3.8) is 0 Å². The summed E-state index contributed by atoms with van der Waals surface area (Å²) in [4.78, 5) is 50.2. The highest BCUT2D eigenvalue weighted by atomic mass is 79.9. The van der Waals surface area contributed by atoms with Crippen LogP contribution in [0.4, 0.5) is 4.79 Å². The Bertz CT molecular complexity index is 1230. The monoisotopic (exact) mass is 542 g/mol. The minimum absolute atomic E-state index is 0.0931. The lowest BCUT2D eigenvalue weighted by molar-refractivity contribution is -0.131. The number of hydrogen-bond acceptors (Lipinski definition) is 6. The fourth-order valence-corrected chi connectivity index (χ4v) is 4.82. The maximum atomic E-state index is 13.0. The predicted molar refractivity (Wildman–Crippen MR) is 129 cm³/mol. The summed E-state index contributed by atoms with van der Waals surface area (Å²) in [5, 5.41) is 11.4. The summed E-state index contributed by atoms with van der Waals surface area (Å²) in [6.45, 7) is 0.0931. The Morgan fingerprint density at radius 3 is 2.63 bits per heavy atom. The molecule has 182 valence electrons. The van der Waals surface area contributed by atoms with Crippen molar-refractivity contribution >= 4 is 45.8 Å². The van der Waals surface area contributed by atoms with Gasteiger partial charge in [0.15, 0.2) is 11.5 Å². The minimum Gasteiger partial charge on any atom is -0.493 e. The number of carbonyl (C=O) groups excluding carboxylic acids is 3. The summed E-state index contributed by atoms with van der Waals surface area (Å²) in [5.74, 6) is -1.68. The molecule has 1 heterocycles. The van der Waals surface area contributed by atoms with Crippen LogP contribution in [0.25, 0.3) is 6.08 Å². The topological polar surface area (TPSA) is 122 Å². The molecule has 2 aliphatic rings. The van der Waals surface area contributed by atoms with Crippen LogP contribution in [0.2, 0.25) is 0 Å². The Morgan fingerprint density at radius 2 is 1.94 bits per heavy atom. The van der Waals surface area contributed by atoms with E-state index in [9.17, 15) is 19.2 Å². The van der Waals surface area contributed by atoms with Crippen molar-refractivity contribution in [3.8, 4) is 11.5 Å². The van der Waals surface area contributed by atoms with E-state index in [1.807, 2.05) is 0 Å². The van der Waals surface area contributed by atoms with Crippen LogP contribution in [0, 0.1) is 0 Å². The second kappa shape index (κ2) is 10.3. The second-order valence-electron chi connectivity index (χ2n) is 8.26. The van der Waals surface area contributed by atoms with Gasteiger partial charge in [-0.25, -0.2) is 9.59 Å². The third-order valence-corrected chi connectivity index (χ3v) is 6.53. The van der Waals surface area contributed by atoms with E-state index in [0.29, 0.717) is 27.1 Å². The number of ether oxygens (including phenoxy) is 2. The van der Waals surface area contributed by atoms with Gasteiger partial charge in [0.1, 0.15) is 12.2 Å². The molecule has 2 aromatic rings. The lowest BCUT2D eigenvalue weighted by Gasteiger charge is -2.31. The van der Waals surface area contributed by atoms with Gasteiger partial charge in [-0.05, 0) is 70.2 Å². The van der Waals surface area contributed by atoms with Gasteiger partial charge in [0.25, 0.3) is 11.8 Å². The van der Waals surface area contributed by atoms with Crippen LogP contribution in [-0.4, -0.2) is 47.0 Å². The zero-order chi connectivity index (χ0) is 25.1. The molecule has 4 rings (SSSR count). The van der Waals surface area contributed by atoms with Crippen molar-refractivity contribution in [1.82, 2.24) is 10.2 Å². The molecule has 0 aromatic heterocycles. The average molecular weight is 543 g/mol. The third kappa shape index (κ3) is 5.22. The molecule has 0 radical (unpaired) electrons. The Balaban J connectivity index is 1.59. The molecule has 2 fully saturated rings. The average Bonchev–Trinajstić information content (AvgIpc) is 3.35. The zero-order valence-corrected chi connectivity index (χ0v) is 20.5. The molecule has 1 aliphatic heterocycles. The Hall–Kier alpha value is -3.66. The van der Waals surface area contributed by atoms with E-state index in [2.05, 4.69) is 21.2 Å². The van der Waals surface area contributed by atoms with Crippen molar-refractivity contribution in [2.24, 2.45) is 0 Å². The Labute approximate surface area is 209 Å². The van der Waals surface area contributed by atoms with Crippen molar-refractivity contribution in [2.45, 2.75) is 38.3 Å². The number of nitrogens with zero attached hydrogens (tertiary/aromatic N) is 1. The fourth-order valence-electron chi connectivity index (χ4n) is 4.24. The third-order valence-electron chi connectivity index (χ3n) is 5.94. The largest absolute Gasteiger partial charge is 0.493 e. The normalized spacial score (nSPS) is 17.6. The number of amides is 4. The van der Waals surface area contributed by atoms with Crippen LogP contribution in [-0.2, 0) is 16.2 Å².